The lowest BCUT2D eigenvalue weighted by Crippen LogP contribution is -2.41. The van der Waals surface area contributed by atoms with Crippen molar-refractivity contribution in [2.45, 2.75) is 71.1 Å². The van der Waals surface area contributed by atoms with E-state index in [1.807, 2.05) is 6.07 Å². The molecule has 0 aliphatic carbocycles. The number of hydrogen-bond donors (Lipinski definition) is 0. The summed E-state index contributed by atoms with van der Waals surface area (Å²) in [5.74, 6) is 0.504. The topological polar surface area (TPSA) is 62.7 Å². The fraction of sp³-hybridized carbons (Fsp3) is 0.778. The van der Waals surface area contributed by atoms with Crippen molar-refractivity contribution in [2.75, 3.05) is 19.8 Å². The van der Waals surface area contributed by atoms with Crippen molar-refractivity contribution < 1.29 is 18.6 Å². The lowest BCUT2D eigenvalue weighted by Gasteiger charge is -2.36. The number of hydrogen-bond acceptors (Lipinski definition) is 6. The van der Waals surface area contributed by atoms with E-state index in [9.17, 15) is 0 Å². The van der Waals surface area contributed by atoms with E-state index in [0.29, 0.717) is 25.7 Å². The third kappa shape index (κ3) is 6.66. The lowest BCUT2D eigenvalue weighted by atomic mass is 10.2. The number of ether oxygens (including phenoxy) is 3. The number of nitrogens with zero attached hydrogens (tertiary/aromatic N) is 2. The van der Waals surface area contributed by atoms with Crippen LogP contribution in [0.5, 0.6) is 5.88 Å². The first-order valence-electron chi connectivity index (χ1n) is 9.09. The van der Waals surface area contributed by atoms with Crippen LogP contribution in [0.15, 0.2) is 12.3 Å². The Labute approximate surface area is 152 Å². The Morgan fingerprint density at radius 3 is 2.72 bits per heavy atom. The summed E-state index contributed by atoms with van der Waals surface area (Å²) in [6.45, 7) is 13.4. The van der Waals surface area contributed by atoms with Gasteiger partial charge in [-0.25, -0.2) is 0 Å². The quantitative estimate of drug-likeness (QED) is 0.512. The molecule has 0 amide bonds. The van der Waals surface area contributed by atoms with Gasteiger partial charge in [-0.15, -0.1) is 5.10 Å². The van der Waals surface area contributed by atoms with Crippen molar-refractivity contribution in [3.8, 4) is 5.88 Å². The van der Waals surface area contributed by atoms with Crippen molar-refractivity contribution >= 4 is 8.32 Å². The highest BCUT2D eigenvalue weighted by Crippen LogP contribution is 2.36. The van der Waals surface area contributed by atoms with Gasteiger partial charge in [0.05, 0.1) is 19.4 Å². The number of aromatic nitrogens is 2. The fourth-order valence-electron chi connectivity index (χ4n) is 2.23. The lowest BCUT2D eigenvalue weighted by molar-refractivity contribution is -0.169. The molecule has 0 radical (unpaired) electrons. The molecular weight excluding hydrogens is 336 g/mol. The van der Waals surface area contributed by atoms with Crippen LogP contribution in [0.1, 0.15) is 45.6 Å². The Bertz CT molecular complexity index is 528. The Kier molecular flexibility index (Phi) is 7.36. The van der Waals surface area contributed by atoms with E-state index >= 15 is 0 Å². The van der Waals surface area contributed by atoms with Gasteiger partial charge in [-0.1, -0.05) is 20.8 Å². The molecule has 1 aliphatic heterocycles. The Morgan fingerprint density at radius 1 is 1.24 bits per heavy atom. The summed E-state index contributed by atoms with van der Waals surface area (Å²) < 4.78 is 23.1. The Hall–Kier alpha value is -1.02. The summed E-state index contributed by atoms with van der Waals surface area (Å²) in [6.07, 6.45) is 4.81. The van der Waals surface area contributed by atoms with E-state index in [1.165, 1.54) is 0 Å². The van der Waals surface area contributed by atoms with Crippen molar-refractivity contribution in [2.24, 2.45) is 0 Å². The van der Waals surface area contributed by atoms with Crippen LogP contribution < -0.4 is 4.74 Å². The van der Waals surface area contributed by atoms with E-state index < -0.39 is 8.32 Å². The minimum Gasteiger partial charge on any atom is -0.474 e. The molecule has 1 fully saturated rings. The van der Waals surface area contributed by atoms with Crippen LogP contribution >= 0.6 is 0 Å². The first-order chi connectivity index (χ1) is 11.8. The molecule has 0 N–H and O–H groups in total. The molecule has 2 heterocycles. The van der Waals surface area contributed by atoms with Gasteiger partial charge in [0.25, 0.3) is 0 Å². The minimum absolute atomic E-state index is 0.107. The van der Waals surface area contributed by atoms with E-state index in [-0.39, 0.29) is 11.3 Å². The maximum atomic E-state index is 6.10. The molecule has 1 unspecified atom stereocenters. The summed E-state index contributed by atoms with van der Waals surface area (Å²) >= 11 is 0. The van der Waals surface area contributed by atoms with Crippen molar-refractivity contribution in [3.63, 3.8) is 0 Å². The standard InChI is InChI=1S/C18H32N2O4Si/c1-18(2,3)25(4,5)24-11-10-21-16-12-15(13-19-20-16)14-23-17-8-6-7-9-22-17/h12-13,17H,6-11,14H2,1-5H3. The first kappa shape index (κ1) is 20.3. The van der Waals surface area contributed by atoms with E-state index in [1.54, 1.807) is 6.20 Å². The average molecular weight is 369 g/mol. The van der Waals surface area contributed by atoms with Gasteiger partial charge in [0, 0.05) is 18.2 Å². The molecule has 1 atom stereocenters. The van der Waals surface area contributed by atoms with Gasteiger partial charge in [-0.05, 0) is 37.4 Å². The Balaban J connectivity index is 1.73. The van der Waals surface area contributed by atoms with Crippen LogP contribution in [0.2, 0.25) is 18.1 Å². The van der Waals surface area contributed by atoms with Gasteiger partial charge in [0.1, 0.15) is 6.61 Å². The molecule has 2 rings (SSSR count). The zero-order valence-electron chi connectivity index (χ0n) is 16.2. The monoisotopic (exact) mass is 368 g/mol. The predicted octanol–water partition coefficient (Wildman–Crippen LogP) is 3.92. The van der Waals surface area contributed by atoms with E-state index in [4.69, 9.17) is 18.6 Å². The molecular formula is C18H32N2O4Si. The zero-order valence-corrected chi connectivity index (χ0v) is 17.2. The summed E-state index contributed by atoms with van der Waals surface area (Å²) in [5, 5.41) is 8.20. The van der Waals surface area contributed by atoms with Crippen molar-refractivity contribution in [3.05, 3.63) is 17.8 Å². The molecule has 1 saturated heterocycles. The summed E-state index contributed by atoms with van der Waals surface area (Å²) in [5.41, 5.74) is 0.935. The number of rotatable bonds is 8. The summed E-state index contributed by atoms with van der Waals surface area (Å²) in [7, 11) is -1.74. The van der Waals surface area contributed by atoms with Gasteiger partial charge in [-0.3, -0.25) is 0 Å². The maximum absolute atomic E-state index is 6.10. The van der Waals surface area contributed by atoms with Gasteiger partial charge >= 0.3 is 0 Å². The largest absolute Gasteiger partial charge is 0.474 e. The third-order valence-corrected chi connectivity index (χ3v) is 9.40. The summed E-state index contributed by atoms with van der Waals surface area (Å²) in [6, 6.07) is 1.86. The van der Waals surface area contributed by atoms with Crippen molar-refractivity contribution in [1.29, 1.82) is 0 Å². The highest BCUT2D eigenvalue weighted by Gasteiger charge is 2.36. The second kappa shape index (κ2) is 9.07. The highest BCUT2D eigenvalue weighted by molar-refractivity contribution is 6.74. The predicted molar refractivity (Wildman–Crippen MR) is 99.1 cm³/mol. The molecule has 7 heteroatoms. The minimum atomic E-state index is -1.74. The molecule has 142 valence electrons. The average Bonchev–Trinajstić information content (AvgIpc) is 2.57. The van der Waals surface area contributed by atoms with Crippen LogP contribution in [-0.2, 0) is 20.5 Å². The van der Waals surface area contributed by atoms with Crippen LogP contribution in [0.25, 0.3) is 0 Å². The fourth-order valence-corrected chi connectivity index (χ4v) is 3.25. The van der Waals surface area contributed by atoms with Gasteiger partial charge in [0.15, 0.2) is 14.6 Å². The van der Waals surface area contributed by atoms with Gasteiger partial charge in [0.2, 0.25) is 5.88 Å². The normalized spacial score (nSPS) is 19.0. The SMILES string of the molecule is CC(C)(C)[Si](C)(C)OCCOc1cc(COC2CCCCO2)cnn1. The second-order valence-electron chi connectivity index (χ2n) is 7.97. The van der Waals surface area contributed by atoms with Gasteiger partial charge < -0.3 is 18.6 Å². The van der Waals surface area contributed by atoms with E-state index in [0.717, 1.165) is 31.4 Å². The molecule has 0 spiro atoms. The molecule has 0 aromatic carbocycles. The van der Waals surface area contributed by atoms with Gasteiger partial charge in [-0.2, -0.15) is 5.10 Å². The molecule has 6 nitrogen and oxygen atoms in total. The first-order valence-corrected chi connectivity index (χ1v) is 12.0. The van der Waals surface area contributed by atoms with Crippen LogP contribution in [0, 0.1) is 0 Å². The molecule has 0 bridgehead atoms. The van der Waals surface area contributed by atoms with Crippen LogP contribution in [-0.4, -0.2) is 44.6 Å². The second-order valence-corrected chi connectivity index (χ2v) is 12.8. The molecule has 1 aromatic rings. The van der Waals surface area contributed by atoms with Crippen LogP contribution in [0.4, 0.5) is 0 Å². The third-order valence-electron chi connectivity index (χ3n) is 4.86. The molecule has 1 aromatic heterocycles. The van der Waals surface area contributed by atoms with Crippen LogP contribution in [0.3, 0.4) is 0 Å². The van der Waals surface area contributed by atoms with Crippen molar-refractivity contribution in [1.82, 2.24) is 10.2 Å². The Morgan fingerprint density at radius 2 is 2.04 bits per heavy atom. The molecule has 25 heavy (non-hydrogen) atoms. The molecule has 0 saturated carbocycles. The zero-order chi connectivity index (χ0) is 18.3. The molecule has 1 aliphatic rings. The maximum Gasteiger partial charge on any atom is 0.233 e. The smallest absolute Gasteiger partial charge is 0.233 e. The summed E-state index contributed by atoms with van der Waals surface area (Å²) in [4.78, 5) is 0. The highest BCUT2D eigenvalue weighted by atomic mass is 28.4. The van der Waals surface area contributed by atoms with E-state index in [2.05, 4.69) is 44.1 Å².